The Morgan fingerprint density at radius 2 is 1.22 bits per heavy atom. The van der Waals surface area contributed by atoms with E-state index >= 15 is 0 Å². The van der Waals surface area contributed by atoms with Gasteiger partial charge in [-0.2, -0.15) is 0 Å². The van der Waals surface area contributed by atoms with Crippen LogP contribution in [-0.4, -0.2) is 6.54 Å². The second kappa shape index (κ2) is 7.13. The van der Waals surface area contributed by atoms with Gasteiger partial charge in [-0.1, -0.05) is 0 Å². The molecule has 2 nitrogen and oxygen atoms in total. The summed E-state index contributed by atoms with van der Waals surface area (Å²) in [5.74, 6) is 0. The van der Waals surface area contributed by atoms with Crippen molar-refractivity contribution in [1.82, 2.24) is 0 Å². The zero-order valence-corrected chi connectivity index (χ0v) is 13.1. The molecule has 0 aliphatic heterocycles. The SMILES string of the molecule is Cc1c(C)c(C)c([C@@H](N)CCCN)c(C)c1C.Cl. The topological polar surface area (TPSA) is 52.0 Å². The van der Waals surface area contributed by atoms with E-state index in [9.17, 15) is 0 Å². The van der Waals surface area contributed by atoms with Crippen LogP contribution in [0, 0.1) is 34.6 Å². The Kier molecular flexibility index (Phi) is 6.90. The minimum atomic E-state index is 0. The lowest BCUT2D eigenvalue weighted by Crippen LogP contribution is -2.17. The van der Waals surface area contributed by atoms with E-state index in [1.165, 1.54) is 33.4 Å². The van der Waals surface area contributed by atoms with Gasteiger partial charge in [0.2, 0.25) is 0 Å². The number of hydrogen-bond donors (Lipinski definition) is 2. The van der Waals surface area contributed by atoms with E-state index in [-0.39, 0.29) is 18.4 Å². The van der Waals surface area contributed by atoms with Crippen LogP contribution in [0.25, 0.3) is 0 Å². The molecule has 1 rings (SSSR count). The first-order valence-corrected chi connectivity index (χ1v) is 6.44. The Morgan fingerprint density at radius 1 is 0.833 bits per heavy atom. The van der Waals surface area contributed by atoms with Crippen molar-refractivity contribution in [2.75, 3.05) is 6.54 Å². The van der Waals surface area contributed by atoms with Crippen molar-refractivity contribution < 1.29 is 0 Å². The molecule has 3 heteroatoms. The van der Waals surface area contributed by atoms with E-state index in [1.807, 2.05) is 0 Å². The zero-order chi connectivity index (χ0) is 13.2. The second-order valence-electron chi connectivity index (χ2n) is 5.08. The molecule has 18 heavy (non-hydrogen) atoms. The number of halogens is 1. The van der Waals surface area contributed by atoms with Crippen LogP contribution >= 0.6 is 12.4 Å². The minimum absolute atomic E-state index is 0. The maximum atomic E-state index is 6.32. The molecule has 0 radical (unpaired) electrons. The normalized spacial score (nSPS) is 12.2. The summed E-state index contributed by atoms with van der Waals surface area (Å²) in [5.41, 5.74) is 20.1. The molecule has 104 valence electrons. The maximum absolute atomic E-state index is 6.32. The Hall–Kier alpha value is -0.570. The quantitative estimate of drug-likeness (QED) is 0.881. The lowest BCUT2D eigenvalue weighted by molar-refractivity contribution is 0.611. The average Bonchev–Trinajstić information content (AvgIpc) is 2.31. The van der Waals surface area contributed by atoms with Crippen LogP contribution in [0.5, 0.6) is 0 Å². The van der Waals surface area contributed by atoms with Crippen molar-refractivity contribution in [3.63, 3.8) is 0 Å². The van der Waals surface area contributed by atoms with Gasteiger partial charge in [0.15, 0.2) is 0 Å². The largest absolute Gasteiger partial charge is 0.330 e. The van der Waals surface area contributed by atoms with Crippen molar-refractivity contribution in [3.8, 4) is 0 Å². The molecule has 0 heterocycles. The van der Waals surface area contributed by atoms with Crippen molar-refractivity contribution in [2.45, 2.75) is 53.5 Å². The van der Waals surface area contributed by atoms with Gasteiger partial charge in [-0.05, 0) is 87.4 Å². The molecule has 0 aromatic heterocycles. The smallest absolute Gasteiger partial charge is 0.0300 e. The van der Waals surface area contributed by atoms with Gasteiger partial charge in [0.25, 0.3) is 0 Å². The summed E-state index contributed by atoms with van der Waals surface area (Å²) in [6.07, 6.45) is 1.96. The second-order valence-corrected chi connectivity index (χ2v) is 5.08. The molecule has 1 atom stereocenters. The van der Waals surface area contributed by atoms with Crippen molar-refractivity contribution in [3.05, 3.63) is 33.4 Å². The fourth-order valence-electron chi connectivity index (χ4n) is 2.57. The standard InChI is InChI=1S/C15H26N2.ClH/c1-9-10(2)12(4)15(13(5)11(9)3)14(17)7-6-8-16;/h14H,6-8,16-17H2,1-5H3;1H/t14-;/m0./s1. The fourth-order valence-corrected chi connectivity index (χ4v) is 2.57. The van der Waals surface area contributed by atoms with Gasteiger partial charge in [0.1, 0.15) is 0 Å². The van der Waals surface area contributed by atoms with E-state index in [0.29, 0.717) is 0 Å². The molecule has 0 aliphatic rings. The molecule has 0 unspecified atom stereocenters. The number of hydrogen-bond acceptors (Lipinski definition) is 2. The molecule has 0 fully saturated rings. The van der Waals surface area contributed by atoms with Crippen LogP contribution in [-0.2, 0) is 0 Å². The molecule has 0 saturated heterocycles. The average molecular weight is 271 g/mol. The Balaban J connectivity index is 0.00000289. The van der Waals surface area contributed by atoms with Gasteiger partial charge in [-0.25, -0.2) is 0 Å². The van der Waals surface area contributed by atoms with Gasteiger partial charge >= 0.3 is 0 Å². The van der Waals surface area contributed by atoms with Crippen LogP contribution in [0.3, 0.4) is 0 Å². The highest BCUT2D eigenvalue weighted by atomic mass is 35.5. The third kappa shape index (κ3) is 3.25. The molecule has 1 aromatic rings. The molecule has 0 saturated carbocycles. The highest BCUT2D eigenvalue weighted by molar-refractivity contribution is 5.85. The minimum Gasteiger partial charge on any atom is -0.330 e. The lowest BCUT2D eigenvalue weighted by atomic mass is 9.85. The van der Waals surface area contributed by atoms with Crippen LogP contribution in [0.1, 0.15) is 52.3 Å². The van der Waals surface area contributed by atoms with Gasteiger partial charge in [-0.15, -0.1) is 12.4 Å². The monoisotopic (exact) mass is 270 g/mol. The molecule has 4 N–H and O–H groups in total. The third-order valence-electron chi connectivity index (χ3n) is 4.15. The summed E-state index contributed by atoms with van der Waals surface area (Å²) in [6, 6.07) is 0.122. The van der Waals surface area contributed by atoms with Crippen LogP contribution in [0.2, 0.25) is 0 Å². The summed E-state index contributed by atoms with van der Waals surface area (Å²) in [5, 5.41) is 0. The number of benzene rings is 1. The zero-order valence-electron chi connectivity index (χ0n) is 12.3. The first kappa shape index (κ1) is 17.4. The third-order valence-corrected chi connectivity index (χ3v) is 4.15. The summed E-state index contributed by atoms with van der Waals surface area (Å²) in [7, 11) is 0. The van der Waals surface area contributed by atoms with Crippen LogP contribution < -0.4 is 11.5 Å². The maximum Gasteiger partial charge on any atom is 0.0300 e. The first-order chi connectivity index (χ1) is 7.91. The van der Waals surface area contributed by atoms with Gasteiger partial charge in [0, 0.05) is 6.04 Å². The fraction of sp³-hybridized carbons (Fsp3) is 0.600. The highest BCUT2D eigenvalue weighted by Gasteiger charge is 2.16. The molecule has 0 aliphatic carbocycles. The highest BCUT2D eigenvalue weighted by Crippen LogP contribution is 2.31. The van der Waals surface area contributed by atoms with Crippen molar-refractivity contribution in [1.29, 1.82) is 0 Å². The molecule has 0 bridgehead atoms. The predicted octanol–water partition coefficient (Wildman–Crippen LogP) is 3.39. The molecular formula is C15H27ClN2. The van der Waals surface area contributed by atoms with Crippen molar-refractivity contribution >= 4 is 12.4 Å². The first-order valence-electron chi connectivity index (χ1n) is 6.44. The molecule has 0 amide bonds. The summed E-state index contributed by atoms with van der Waals surface area (Å²) >= 11 is 0. The van der Waals surface area contributed by atoms with Crippen molar-refractivity contribution in [2.24, 2.45) is 11.5 Å². The molecular weight excluding hydrogens is 244 g/mol. The van der Waals surface area contributed by atoms with Crippen LogP contribution in [0.4, 0.5) is 0 Å². The summed E-state index contributed by atoms with van der Waals surface area (Å²) in [6.45, 7) is 11.7. The lowest BCUT2D eigenvalue weighted by Gasteiger charge is -2.23. The van der Waals surface area contributed by atoms with Crippen LogP contribution in [0.15, 0.2) is 0 Å². The molecule has 0 spiro atoms. The van der Waals surface area contributed by atoms with E-state index in [1.54, 1.807) is 0 Å². The predicted molar refractivity (Wildman–Crippen MR) is 82.6 cm³/mol. The Labute approximate surface area is 118 Å². The van der Waals surface area contributed by atoms with E-state index < -0.39 is 0 Å². The molecule has 1 aromatic carbocycles. The van der Waals surface area contributed by atoms with Gasteiger partial charge in [-0.3, -0.25) is 0 Å². The Morgan fingerprint density at radius 3 is 1.61 bits per heavy atom. The Bertz CT molecular complexity index is 384. The van der Waals surface area contributed by atoms with Gasteiger partial charge in [0.05, 0.1) is 0 Å². The number of rotatable bonds is 4. The van der Waals surface area contributed by atoms with E-state index in [0.717, 1.165) is 19.4 Å². The van der Waals surface area contributed by atoms with E-state index in [2.05, 4.69) is 34.6 Å². The number of nitrogens with two attached hydrogens (primary N) is 2. The van der Waals surface area contributed by atoms with E-state index in [4.69, 9.17) is 11.5 Å². The summed E-state index contributed by atoms with van der Waals surface area (Å²) in [4.78, 5) is 0. The summed E-state index contributed by atoms with van der Waals surface area (Å²) < 4.78 is 0. The van der Waals surface area contributed by atoms with Gasteiger partial charge < -0.3 is 11.5 Å².